The molecule has 0 aromatic heterocycles. The van der Waals surface area contributed by atoms with E-state index in [1.165, 1.54) is 24.3 Å². The Hall–Kier alpha value is -3.30. The second-order valence-corrected chi connectivity index (χ2v) is 10.8. The van der Waals surface area contributed by atoms with Gasteiger partial charge in [-0.3, -0.25) is 20.0 Å². The molecule has 4 fully saturated rings. The van der Waals surface area contributed by atoms with E-state index in [-0.39, 0.29) is 33.6 Å². The van der Waals surface area contributed by atoms with E-state index < -0.39 is 47.9 Å². The van der Waals surface area contributed by atoms with Crippen LogP contribution in [0.15, 0.2) is 48.5 Å². The number of carbonyl (C=O) groups excluding carboxylic acids is 2. The fourth-order valence-corrected chi connectivity index (χ4v) is 5.89. The Labute approximate surface area is 223 Å². The van der Waals surface area contributed by atoms with Crippen molar-refractivity contribution in [2.24, 2.45) is 0 Å². The van der Waals surface area contributed by atoms with E-state index in [2.05, 4.69) is 0 Å². The van der Waals surface area contributed by atoms with Crippen LogP contribution in [0.4, 0.5) is 11.4 Å². The molecule has 13 heteroatoms. The minimum atomic E-state index is -1.13. The largest absolute Gasteiger partial charge is 0.733 e. The van der Waals surface area contributed by atoms with Gasteiger partial charge in [-0.1, -0.05) is 24.3 Å². The lowest BCUT2D eigenvalue weighted by Gasteiger charge is -2.41. The van der Waals surface area contributed by atoms with E-state index in [9.17, 15) is 20.0 Å². The lowest BCUT2D eigenvalue weighted by molar-refractivity contribution is -0.151. The van der Waals surface area contributed by atoms with Crippen molar-refractivity contribution in [3.8, 4) is 0 Å². The monoisotopic (exact) mass is 540 g/mol. The van der Waals surface area contributed by atoms with Gasteiger partial charge >= 0.3 is 0 Å². The third-order valence-corrected chi connectivity index (χ3v) is 8.29. The molecule has 0 spiro atoms. The molecule has 39 heavy (non-hydrogen) atoms. The van der Waals surface area contributed by atoms with Crippen LogP contribution < -0.4 is 10.5 Å². The van der Waals surface area contributed by atoms with Gasteiger partial charge in [0.15, 0.2) is 23.7 Å². The number of ether oxygens (including phenoxy) is 3. The van der Waals surface area contributed by atoms with Crippen molar-refractivity contribution in [1.82, 2.24) is 9.80 Å². The van der Waals surface area contributed by atoms with E-state index in [0.29, 0.717) is 11.1 Å². The predicted molar refractivity (Wildman–Crippen MR) is 134 cm³/mol. The molecule has 4 aliphatic heterocycles. The second kappa shape index (κ2) is 8.60. The molecule has 2 aromatic rings. The maximum absolute atomic E-state index is 13.7. The Kier molecular flexibility index (Phi) is 5.72. The smallest absolute Gasteiger partial charge is 0.260 e. The number of hydrogen-bond donors (Lipinski definition) is 2. The summed E-state index contributed by atoms with van der Waals surface area (Å²) in [6.07, 6.45) is -2.38. The molecule has 8 atom stereocenters. The highest BCUT2D eigenvalue weighted by Crippen LogP contribution is 2.55. The van der Waals surface area contributed by atoms with Crippen LogP contribution in [0.1, 0.15) is 51.0 Å². The van der Waals surface area contributed by atoms with Crippen LogP contribution in [0.2, 0.25) is 0 Å². The number of nitrogens with zero attached hydrogens (tertiary/aromatic N) is 4. The summed E-state index contributed by atoms with van der Waals surface area (Å²) in [6, 6.07) is 11.4. The van der Waals surface area contributed by atoms with E-state index in [1.807, 2.05) is 13.8 Å². The van der Waals surface area contributed by atoms with Crippen molar-refractivity contribution in [3.63, 3.8) is 0 Å². The zero-order valence-corrected chi connectivity index (χ0v) is 21.6. The average Bonchev–Trinajstić information content (AvgIpc) is 3.73. The summed E-state index contributed by atoms with van der Waals surface area (Å²) in [6.45, 7) is 7.04. The highest BCUT2D eigenvalue weighted by molar-refractivity contribution is 5.92. The first-order valence-corrected chi connectivity index (χ1v) is 12.6. The highest BCUT2D eigenvalue weighted by atomic mass is 16.8. The Morgan fingerprint density at radius 2 is 1.08 bits per heavy atom. The van der Waals surface area contributed by atoms with Crippen LogP contribution in [-0.2, 0) is 23.8 Å². The third kappa shape index (κ3) is 3.81. The van der Waals surface area contributed by atoms with Gasteiger partial charge in [-0.2, -0.15) is 0 Å². The molecule has 2 aromatic carbocycles. The first-order valence-electron chi connectivity index (χ1n) is 12.6. The first kappa shape index (κ1) is 26.0. The summed E-state index contributed by atoms with van der Waals surface area (Å²) in [4.78, 5) is 30.6. The van der Waals surface area contributed by atoms with Gasteiger partial charge in [-0.05, 0) is 63.1 Å². The summed E-state index contributed by atoms with van der Waals surface area (Å²) in [7, 11) is 0. The molecule has 4 heterocycles. The van der Waals surface area contributed by atoms with Gasteiger partial charge in [-0.15, -0.1) is 0 Å². The maximum atomic E-state index is 13.7. The molecule has 4 aliphatic rings. The van der Waals surface area contributed by atoms with Gasteiger partial charge < -0.3 is 44.9 Å². The zero-order valence-electron chi connectivity index (χ0n) is 21.6. The molecule has 208 valence electrons. The van der Waals surface area contributed by atoms with Gasteiger partial charge in [-0.25, -0.2) is 0 Å². The van der Waals surface area contributed by atoms with Gasteiger partial charge in [0.25, 0.3) is 11.8 Å². The average molecular weight is 541 g/mol. The van der Waals surface area contributed by atoms with E-state index in [1.54, 1.807) is 47.9 Å². The predicted octanol–water partition coefficient (Wildman–Crippen LogP) is 2.56. The van der Waals surface area contributed by atoms with Gasteiger partial charge in [0.05, 0.1) is 23.5 Å². The molecule has 2 amide bonds. The fourth-order valence-electron chi connectivity index (χ4n) is 5.89. The molecule has 4 saturated heterocycles. The number of amides is 2. The number of carbonyl (C=O) groups is 2. The number of piperazine rings is 1. The molecule has 0 radical (unpaired) electrons. The number of rotatable bonds is 6. The molecular formula is C26H28N4O9-2. The molecule has 6 rings (SSSR count). The summed E-state index contributed by atoms with van der Waals surface area (Å²) >= 11 is 0. The third-order valence-electron chi connectivity index (χ3n) is 8.29. The molecular weight excluding hydrogens is 512 g/mol. The summed E-state index contributed by atoms with van der Waals surface area (Å²) in [5.74, 6) is -0.516. The molecule has 2 bridgehead atoms. The van der Waals surface area contributed by atoms with Crippen LogP contribution >= 0.6 is 0 Å². The van der Waals surface area contributed by atoms with E-state index >= 15 is 0 Å². The van der Waals surface area contributed by atoms with Gasteiger partial charge in [0.2, 0.25) is 0 Å². The van der Waals surface area contributed by atoms with Crippen molar-refractivity contribution in [1.29, 1.82) is 0 Å². The lowest BCUT2D eigenvalue weighted by atomic mass is 9.95. The first-order chi connectivity index (χ1) is 18.4. The van der Waals surface area contributed by atoms with Gasteiger partial charge in [0.1, 0.15) is 12.2 Å². The standard InChI is InChI=1S/C26H28N4O9/c1-13-21-28(24(32)26(4)20(39-26)16-7-11-18(12-8-16)30(35)36)14(2)22(37-21)27(13)23(31)25(3)19(38-25)15-5-9-17(10-6-15)29(33)34/h5-14,19-22,33,35H,1-4H3/q-2/t13-,14-,19-,20-,21-,22-,25+,26+/m1/s1. The van der Waals surface area contributed by atoms with Crippen LogP contribution in [-0.4, -0.2) is 67.8 Å². The second-order valence-electron chi connectivity index (χ2n) is 10.8. The summed E-state index contributed by atoms with van der Waals surface area (Å²) in [5, 5.41) is 39.8. The fraction of sp³-hybridized carbons (Fsp3) is 0.462. The number of epoxide rings is 2. The van der Waals surface area contributed by atoms with Gasteiger partial charge in [0, 0.05) is 0 Å². The maximum Gasteiger partial charge on any atom is 0.260 e. The molecule has 13 nitrogen and oxygen atoms in total. The number of fused-ring (bicyclic) bond motifs is 2. The van der Waals surface area contributed by atoms with Crippen molar-refractivity contribution >= 4 is 23.2 Å². The Morgan fingerprint density at radius 3 is 1.38 bits per heavy atom. The van der Waals surface area contributed by atoms with Crippen molar-refractivity contribution in [2.45, 2.75) is 75.6 Å². The SMILES string of the molecule is C[C@@H]1[C@H]2O[C@H]([C@@H](C)N2C(=O)[C@@]2(C)O[C@@H]2c2ccc(N([O-])O)cc2)N1C(=O)[C@@]1(C)O[C@@H]1c1ccc(N([O-])O)cc1. The lowest BCUT2D eigenvalue weighted by Crippen LogP contribution is -2.62. The Balaban J connectivity index is 1.15. The van der Waals surface area contributed by atoms with Crippen LogP contribution in [0.3, 0.4) is 0 Å². The van der Waals surface area contributed by atoms with Crippen molar-refractivity contribution in [3.05, 3.63) is 70.1 Å². The minimum Gasteiger partial charge on any atom is -0.733 e. The van der Waals surface area contributed by atoms with Crippen LogP contribution in [0.25, 0.3) is 0 Å². The Morgan fingerprint density at radius 1 is 0.744 bits per heavy atom. The quantitative estimate of drug-likeness (QED) is 0.408. The van der Waals surface area contributed by atoms with Crippen LogP contribution in [0, 0.1) is 10.4 Å². The topological polar surface area (TPSA) is 168 Å². The summed E-state index contributed by atoms with van der Waals surface area (Å²) < 4.78 is 17.8. The minimum absolute atomic E-state index is 0.0664. The van der Waals surface area contributed by atoms with E-state index in [4.69, 9.17) is 24.6 Å². The highest BCUT2D eigenvalue weighted by Gasteiger charge is 2.69. The van der Waals surface area contributed by atoms with Crippen LogP contribution in [0.5, 0.6) is 0 Å². The zero-order chi connectivity index (χ0) is 28.0. The molecule has 0 saturated carbocycles. The Bertz CT molecular complexity index is 1210. The molecule has 0 aliphatic carbocycles. The van der Waals surface area contributed by atoms with Crippen molar-refractivity contribution < 1.29 is 34.2 Å². The number of hydrogen-bond acceptors (Lipinski definition) is 11. The van der Waals surface area contributed by atoms with Crippen molar-refractivity contribution in [2.75, 3.05) is 10.5 Å². The number of benzene rings is 2. The molecule has 2 N–H and O–H groups in total. The number of anilines is 2. The normalized spacial score (nSPS) is 36.2. The molecule has 0 unspecified atom stereocenters. The summed E-state index contributed by atoms with van der Waals surface area (Å²) in [5.41, 5.74) is -0.747. The van der Waals surface area contributed by atoms with E-state index in [0.717, 1.165) is 0 Å².